The third-order valence-electron chi connectivity index (χ3n) is 5.80. The van der Waals surface area contributed by atoms with Gasteiger partial charge in [-0.1, -0.05) is 30.3 Å². The molecule has 0 fully saturated rings. The van der Waals surface area contributed by atoms with Crippen molar-refractivity contribution in [2.45, 2.75) is 45.1 Å². The Morgan fingerprint density at radius 3 is 2.60 bits per heavy atom. The summed E-state index contributed by atoms with van der Waals surface area (Å²) in [6.07, 6.45) is 5.13. The first-order chi connectivity index (χ1) is 14.5. The number of ketones is 2. The molecule has 1 aliphatic carbocycles. The van der Waals surface area contributed by atoms with Crippen molar-refractivity contribution in [1.82, 2.24) is 9.97 Å². The number of carbonyl (C=O) groups is 2. The fraction of sp³-hybridized carbons (Fsp3) is 0.320. The summed E-state index contributed by atoms with van der Waals surface area (Å²) >= 11 is 0. The number of aliphatic hydroxyl groups is 1. The number of pyridine rings is 1. The maximum absolute atomic E-state index is 13.2. The Labute approximate surface area is 176 Å². The first-order valence-corrected chi connectivity index (χ1v) is 10.4. The van der Waals surface area contributed by atoms with Gasteiger partial charge < -0.3 is 10.1 Å². The second-order valence-corrected chi connectivity index (χ2v) is 8.11. The number of rotatable bonds is 7. The van der Waals surface area contributed by atoms with E-state index in [1.807, 2.05) is 30.3 Å². The summed E-state index contributed by atoms with van der Waals surface area (Å²) < 4.78 is 0. The van der Waals surface area contributed by atoms with Crippen LogP contribution in [-0.4, -0.2) is 32.7 Å². The molecular weight excluding hydrogens is 376 g/mol. The van der Waals surface area contributed by atoms with Crippen LogP contribution in [0.4, 0.5) is 0 Å². The van der Waals surface area contributed by atoms with Crippen molar-refractivity contribution in [3.05, 3.63) is 77.2 Å². The first kappa shape index (κ1) is 20.2. The first-order valence-electron chi connectivity index (χ1n) is 10.4. The van der Waals surface area contributed by atoms with Crippen LogP contribution in [0, 0.1) is 5.92 Å². The van der Waals surface area contributed by atoms with E-state index in [4.69, 9.17) is 0 Å². The van der Waals surface area contributed by atoms with Crippen molar-refractivity contribution in [2.75, 3.05) is 0 Å². The molecule has 0 bridgehead atoms. The summed E-state index contributed by atoms with van der Waals surface area (Å²) in [6.45, 7) is 1.68. The van der Waals surface area contributed by atoms with Crippen LogP contribution >= 0.6 is 0 Å². The van der Waals surface area contributed by atoms with E-state index in [0.29, 0.717) is 25.7 Å². The molecule has 3 aromatic rings. The lowest BCUT2D eigenvalue weighted by Crippen LogP contribution is -2.27. The molecule has 0 radical (unpaired) electrons. The van der Waals surface area contributed by atoms with Gasteiger partial charge in [0.15, 0.2) is 5.78 Å². The Bertz CT molecular complexity index is 1040. The number of benzene rings is 1. The summed E-state index contributed by atoms with van der Waals surface area (Å²) in [5.41, 5.74) is 5.62. The fourth-order valence-corrected chi connectivity index (χ4v) is 4.25. The highest BCUT2D eigenvalue weighted by Crippen LogP contribution is 2.36. The van der Waals surface area contributed by atoms with Crippen molar-refractivity contribution < 1.29 is 14.7 Å². The SMILES string of the molecule is C[C@@H](O)CCC(=O)C1CC(=O)c2c([nH]c(-c3ccncc3)c2Cc2ccccc2)C1. The molecule has 0 aliphatic heterocycles. The number of hydrogen-bond donors (Lipinski definition) is 2. The van der Waals surface area contributed by atoms with Crippen molar-refractivity contribution in [2.24, 2.45) is 5.92 Å². The van der Waals surface area contributed by atoms with Gasteiger partial charge in [0.05, 0.1) is 11.8 Å². The molecule has 5 heteroatoms. The number of aromatic amines is 1. The van der Waals surface area contributed by atoms with Gasteiger partial charge in [-0.05, 0) is 43.0 Å². The van der Waals surface area contributed by atoms with E-state index in [1.54, 1.807) is 19.3 Å². The molecule has 2 N–H and O–H groups in total. The normalized spacial score (nSPS) is 16.9. The predicted octanol–water partition coefficient (Wildman–Crippen LogP) is 4.14. The van der Waals surface area contributed by atoms with Crippen LogP contribution in [0.15, 0.2) is 54.9 Å². The van der Waals surface area contributed by atoms with E-state index >= 15 is 0 Å². The number of Topliss-reactive ketones (excluding diaryl/α,β-unsaturated/α-hetero) is 2. The Kier molecular flexibility index (Phi) is 5.91. The van der Waals surface area contributed by atoms with Gasteiger partial charge in [0.1, 0.15) is 5.78 Å². The molecule has 0 amide bonds. The van der Waals surface area contributed by atoms with Crippen LogP contribution in [-0.2, 0) is 17.6 Å². The standard InChI is InChI=1S/C25H26N2O3/c1-16(28)7-8-22(29)19-14-21-24(23(30)15-19)20(13-17-5-3-2-4-6-17)25(27-21)18-9-11-26-12-10-18/h2-6,9-12,16,19,27-28H,7-8,13-15H2,1H3/t16-,19?/m1/s1. The highest BCUT2D eigenvalue weighted by atomic mass is 16.3. The predicted molar refractivity (Wildman–Crippen MR) is 115 cm³/mol. The summed E-state index contributed by atoms with van der Waals surface area (Å²) in [5, 5.41) is 9.48. The second-order valence-electron chi connectivity index (χ2n) is 8.11. The number of nitrogens with zero attached hydrogens (tertiary/aromatic N) is 1. The lowest BCUT2D eigenvalue weighted by atomic mass is 9.81. The molecule has 0 saturated heterocycles. The van der Waals surface area contributed by atoms with Gasteiger partial charge in [0, 0.05) is 54.4 Å². The average molecular weight is 402 g/mol. The van der Waals surface area contributed by atoms with Crippen molar-refractivity contribution >= 4 is 11.6 Å². The molecular formula is C25H26N2O3. The number of carbonyl (C=O) groups excluding carboxylic acids is 2. The molecule has 0 spiro atoms. The highest BCUT2D eigenvalue weighted by molar-refractivity contribution is 6.04. The maximum Gasteiger partial charge on any atom is 0.165 e. The summed E-state index contributed by atoms with van der Waals surface area (Å²) in [6, 6.07) is 14.0. The molecule has 2 aromatic heterocycles. The van der Waals surface area contributed by atoms with Gasteiger partial charge in [-0.3, -0.25) is 14.6 Å². The van der Waals surface area contributed by atoms with Gasteiger partial charge in [-0.2, -0.15) is 0 Å². The van der Waals surface area contributed by atoms with Gasteiger partial charge in [-0.15, -0.1) is 0 Å². The van der Waals surface area contributed by atoms with Gasteiger partial charge in [0.2, 0.25) is 0 Å². The monoisotopic (exact) mass is 402 g/mol. The Morgan fingerprint density at radius 2 is 1.90 bits per heavy atom. The van der Waals surface area contributed by atoms with Crippen molar-refractivity contribution in [3.8, 4) is 11.3 Å². The molecule has 30 heavy (non-hydrogen) atoms. The second kappa shape index (κ2) is 8.76. The minimum Gasteiger partial charge on any atom is -0.393 e. The number of H-pyrrole nitrogens is 1. The third kappa shape index (κ3) is 4.26. The third-order valence-corrected chi connectivity index (χ3v) is 5.80. The fourth-order valence-electron chi connectivity index (χ4n) is 4.25. The van der Waals surface area contributed by atoms with Crippen LogP contribution in [0.2, 0.25) is 0 Å². The van der Waals surface area contributed by atoms with Gasteiger partial charge in [0.25, 0.3) is 0 Å². The molecule has 0 saturated carbocycles. The molecule has 154 valence electrons. The molecule has 2 atom stereocenters. The highest BCUT2D eigenvalue weighted by Gasteiger charge is 2.34. The topological polar surface area (TPSA) is 83.0 Å². The number of nitrogens with one attached hydrogen (secondary N) is 1. The van der Waals surface area contributed by atoms with Crippen molar-refractivity contribution in [1.29, 1.82) is 0 Å². The summed E-state index contributed by atoms with van der Waals surface area (Å²) in [4.78, 5) is 33.4. The smallest absolute Gasteiger partial charge is 0.165 e. The Morgan fingerprint density at radius 1 is 1.17 bits per heavy atom. The summed E-state index contributed by atoms with van der Waals surface area (Å²) in [5.74, 6) is -0.244. The lowest BCUT2D eigenvalue weighted by molar-refractivity contribution is -0.123. The molecule has 2 heterocycles. The zero-order valence-corrected chi connectivity index (χ0v) is 17.1. The van der Waals surface area contributed by atoms with Crippen LogP contribution < -0.4 is 0 Å². The van der Waals surface area contributed by atoms with Gasteiger partial charge >= 0.3 is 0 Å². The van der Waals surface area contributed by atoms with E-state index in [9.17, 15) is 14.7 Å². The molecule has 1 aliphatic rings. The molecule has 5 nitrogen and oxygen atoms in total. The number of aromatic nitrogens is 2. The largest absolute Gasteiger partial charge is 0.393 e. The van der Waals surface area contributed by atoms with Crippen LogP contribution in [0.25, 0.3) is 11.3 Å². The Balaban J connectivity index is 1.71. The zero-order valence-electron chi connectivity index (χ0n) is 17.1. The number of aliphatic hydroxyl groups excluding tert-OH is 1. The molecule has 4 rings (SSSR count). The number of fused-ring (bicyclic) bond motifs is 1. The maximum atomic E-state index is 13.2. The van der Waals surface area contributed by atoms with Crippen LogP contribution in [0.1, 0.15) is 53.4 Å². The summed E-state index contributed by atoms with van der Waals surface area (Å²) in [7, 11) is 0. The Hall–Kier alpha value is -3.05. The quantitative estimate of drug-likeness (QED) is 0.622. The number of hydrogen-bond acceptors (Lipinski definition) is 4. The van der Waals surface area contributed by atoms with Gasteiger partial charge in [-0.25, -0.2) is 0 Å². The van der Waals surface area contributed by atoms with E-state index in [-0.39, 0.29) is 23.9 Å². The average Bonchev–Trinajstić information content (AvgIpc) is 3.12. The van der Waals surface area contributed by atoms with Crippen LogP contribution in [0.5, 0.6) is 0 Å². The van der Waals surface area contributed by atoms with E-state index in [1.165, 1.54) is 0 Å². The van der Waals surface area contributed by atoms with E-state index in [2.05, 4.69) is 22.1 Å². The minimum atomic E-state index is -0.509. The lowest BCUT2D eigenvalue weighted by Gasteiger charge is -2.21. The zero-order chi connectivity index (χ0) is 21.1. The van der Waals surface area contributed by atoms with Crippen LogP contribution in [0.3, 0.4) is 0 Å². The van der Waals surface area contributed by atoms with E-state index < -0.39 is 6.10 Å². The molecule has 1 aromatic carbocycles. The molecule has 1 unspecified atom stereocenters. The minimum absolute atomic E-state index is 0.0223. The van der Waals surface area contributed by atoms with E-state index in [0.717, 1.165) is 33.6 Å². The van der Waals surface area contributed by atoms with Crippen molar-refractivity contribution in [3.63, 3.8) is 0 Å².